The second-order valence-electron chi connectivity index (χ2n) is 4.08. The number of rotatable bonds is 1. The van der Waals surface area contributed by atoms with Gasteiger partial charge in [-0.1, -0.05) is 46.0 Å². The van der Waals surface area contributed by atoms with Gasteiger partial charge in [0.2, 0.25) is 0 Å². The van der Waals surface area contributed by atoms with Crippen molar-refractivity contribution in [1.29, 1.82) is 0 Å². The van der Waals surface area contributed by atoms with E-state index in [4.69, 9.17) is 0 Å². The Kier molecular flexibility index (Phi) is 3.96. The van der Waals surface area contributed by atoms with Gasteiger partial charge in [0.1, 0.15) is 0 Å². The van der Waals surface area contributed by atoms with Gasteiger partial charge in [-0.15, -0.1) is 0 Å². The van der Waals surface area contributed by atoms with Crippen LogP contribution in [-0.2, 0) is 0 Å². The summed E-state index contributed by atoms with van der Waals surface area (Å²) in [5.41, 5.74) is 0. The van der Waals surface area contributed by atoms with E-state index in [9.17, 15) is 0 Å². The quantitative estimate of drug-likeness (QED) is 0.535. The summed E-state index contributed by atoms with van der Waals surface area (Å²) in [5, 5.41) is 0. The van der Waals surface area contributed by atoms with Crippen LogP contribution in [0.25, 0.3) is 0 Å². The molecule has 0 aromatic rings. The molecular weight excluding hydrogens is 132 g/mol. The standard InChI is InChI=1S/C11H21/c1-10(2)11-8-6-4-3-5-7-9-11/h10H,3-9H2,1-2H3. The van der Waals surface area contributed by atoms with E-state index < -0.39 is 0 Å². The summed E-state index contributed by atoms with van der Waals surface area (Å²) in [6, 6.07) is 0. The Morgan fingerprint density at radius 1 is 0.818 bits per heavy atom. The Hall–Kier alpha value is 0. The Morgan fingerprint density at radius 2 is 1.27 bits per heavy atom. The van der Waals surface area contributed by atoms with Crippen molar-refractivity contribution in [1.82, 2.24) is 0 Å². The van der Waals surface area contributed by atoms with Gasteiger partial charge >= 0.3 is 0 Å². The molecule has 0 unspecified atom stereocenters. The van der Waals surface area contributed by atoms with E-state index in [2.05, 4.69) is 13.8 Å². The fraction of sp³-hybridized carbons (Fsp3) is 0.909. The summed E-state index contributed by atoms with van der Waals surface area (Å²) in [6.45, 7) is 4.69. The fourth-order valence-electron chi connectivity index (χ4n) is 1.94. The minimum Gasteiger partial charge on any atom is -0.0622 e. The van der Waals surface area contributed by atoms with Gasteiger partial charge in [0.05, 0.1) is 0 Å². The molecule has 0 aliphatic heterocycles. The topological polar surface area (TPSA) is 0 Å². The van der Waals surface area contributed by atoms with E-state index in [1.807, 2.05) is 5.92 Å². The first-order valence-electron chi connectivity index (χ1n) is 5.15. The summed E-state index contributed by atoms with van der Waals surface area (Å²) in [5.74, 6) is 2.66. The summed E-state index contributed by atoms with van der Waals surface area (Å²) in [6.07, 6.45) is 10.1. The van der Waals surface area contributed by atoms with E-state index in [1.165, 1.54) is 44.9 Å². The maximum atomic E-state index is 2.34. The third-order valence-electron chi connectivity index (χ3n) is 2.81. The fourth-order valence-corrected chi connectivity index (χ4v) is 1.94. The molecule has 11 heavy (non-hydrogen) atoms. The van der Waals surface area contributed by atoms with Crippen LogP contribution in [-0.4, -0.2) is 0 Å². The zero-order chi connectivity index (χ0) is 8.10. The van der Waals surface area contributed by atoms with Crippen molar-refractivity contribution < 1.29 is 0 Å². The summed E-state index contributed by atoms with van der Waals surface area (Å²) in [7, 11) is 0. The Morgan fingerprint density at radius 3 is 1.73 bits per heavy atom. The molecule has 0 nitrogen and oxygen atoms in total. The molecule has 0 saturated heterocycles. The summed E-state index contributed by atoms with van der Waals surface area (Å²) < 4.78 is 0. The molecule has 65 valence electrons. The van der Waals surface area contributed by atoms with Gasteiger partial charge in [-0.2, -0.15) is 0 Å². The number of hydrogen-bond donors (Lipinski definition) is 0. The first kappa shape index (κ1) is 9.09. The summed E-state index contributed by atoms with van der Waals surface area (Å²) >= 11 is 0. The molecule has 1 saturated carbocycles. The normalized spacial score (nSPS) is 23.2. The van der Waals surface area contributed by atoms with Crippen molar-refractivity contribution in [2.45, 2.75) is 58.8 Å². The SMILES string of the molecule is CC(C)[C]1CCCCCCC1. The molecule has 1 aliphatic rings. The third-order valence-corrected chi connectivity index (χ3v) is 2.81. The zero-order valence-corrected chi connectivity index (χ0v) is 8.03. The van der Waals surface area contributed by atoms with Crippen LogP contribution in [0.4, 0.5) is 0 Å². The second-order valence-corrected chi connectivity index (χ2v) is 4.08. The van der Waals surface area contributed by atoms with Crippen molar-refractivity contribution >= 4 is 0 Å². The van der Waals surface area contributed by atoms with E-state index in [0.29, 0.717) is 0 Å². The van der Waals surface area contributed by atoms with E-state index in [-0.39, 0.29) is 0 Å². The molecular formula is C11H21. The van der Waals surface area contributed by atoms with Gasteiger partial charge in [0.15, 0.2) is 0 Å². The van der Waals surface area contributed by atoms with Crippen LogP contribution in [0.3, 0.4) is 0 Å². The van der Waals surface area contributed by atoms with E-state index >= 15 is 0 Å². The van der Waals surface area contributed by atoms with Crippen LogP contribution in [0.2, 0.25) is 0 Å². The highest BCUT2D eigenvalue weighted by molar-refractivity contribution is 4.93. The molecule has 0 bridgehead atoms. The lowest BCUT2D eigenvalue weighted by Gasteiger charge is -2.22. The molecule has 0 spiro atoms. The first-order valence-corrected chi connectivity index (χ1v) is 5.15. The highest BCUT2D eigenvalue weighted by Gasteiger charge is 2.14. The Balaban J connectivity index is 2.26. The number of hydrogen-bond acceptors (Lipinski definition) is 0. The zero-order valence-electron chi connectivity index (χ0n) is 8.03. The molecule has 0 aromatic carbocycles. The third kappa shape index (κ3) is 3.27. The predicted octanol–water partition coefficient (Wildman–Crippen LogP) is 3.96. The molecule has 0 amide bonds. The minimum atomic E-state index is 0.841. The summed E-state index contributed by atoms with van der Waals surface area (Å²) in [4.78, 5) is 0. The predicted molar refractivity (Wildman–Crippen MR) is 50.4 cm³/mol. The minimum absolute atomic E-state index is 0.841. The molecule has 0 atom stereocenters. The monoisotopic (exact) mass is 153 g/mol. The largest absolute Gasteiger partial charge is 0.0622 e. The lowest BCUT2D eigenvalue weighted by Crippen LogP contribution is -2.07. The van der Waals surface area contributed by atoms with Crippen molar-refractivity contribution in [2.75, 3.05) is 0 Å². The second kappa shape index (κ2) is 4.79. The lowest BCUT2D eigenvalue weighted by molar-refractivity contribution is 0.464. The molecule has 1 radical (unpaired) electrons. The molecule has 0 N–H and O–H groups in total. The van der Waals surface area contributed by atoms with Crippen LogP contribution >= 0.6 is 0 Å². The van der Waals surface area contributed by atoms with E-state index in [0.717, 1.165) is 5.92 Å². The average Bonchev–Trinajstić information content (AvgIpc) is 1.84. The Labute approximate surface area is 71.4 Å². The van der Waals surface area contributed by atoms with Crippen molar-refractivity contribution in [3.05, 3.63) is 5.92 Å². The first-order chi connectivity index (χ1) is 5.30. The van der Waals surface area contributed by atoms with Gasteiger partial charge in [0, 0.05) is 0 Å². The molecule has 1 aliphatic carbocycles. The lowest BCUT2D eigenvalue weighted by atomic mass is 9.84. The van der Waals surface area contributed by atoms with Crippen LogP contribution in [0, 0.1) is 11.8 Å². The van der Waals surface area contributed by atoms with Crippen molar-refractivity contribution in [3.8, 4) is 0 Å². The van der Waals surface area contributed by atoms with E-state index in [1.54, 1.807) is 0 Å². The maximum Gasteiger partial charge on any atom is -0.0215 e. The van der Waals surface area contributed by atoms with Gasteiger partial charge in [-0.3, -0.25) is 0 Å². The molecule has 0 heterocycles. The Bertz CT molecular complexity index is 86.2. The van der Waals surface area contributed by atoms with Gasteiger partial charge in [0.25, 0.3) is 0 Å². The van der Waals surface area contributed by atoms with Gasteiger partial charge in [-0.25, -0.2) is 0 Å². The maximum absolute atomic E-state index is 2.34. The van der Waals surface area contributed by atoms with Crippen LogP contribution < -0.4 is 0 Å². The molecule has 0 aromatic heterocycles. The highest BCUT2D eigenvalue weighted by atomic mass is 14.2. The van der Waals surface area contributed by atoms with Crippen LogP contribution in [0.15, 0.2) is 0 Å². The molecule has 1 rings (SSSR count). The van der Waals surface area contributed by atoms with Crippen LogP contribution in [0.5, 0.6) is 0 Å². The molecule has 1 fully saturated rings. The van der Waals surface area contributed by atoms with Gasteiger partial charge in [-0.05, 0) is 24.7 Å². The van der Waals surface area contributed by atoms with Gasteiger partial charge < -0.3 is 0 Å². The van der Waals surface area contributed by atoms with Crippen LogP contribution in [0.1, 0.15) is 58.8 Å². The molecule has 0 heteroatoms. The smallest absolute Gasteiger partial charge is 0.0215 e. The van der Waals surface area contributed by atoms with Crippen molar-refractivity contribution in [2.24, 2.45) is 5.92 Å². The average molecular weight is 153 g/mol. The van der Waals surface area contributed by atoms with Crippen molar-refractivity contribution in [3.63, 3.8) is 0 Å². The highest BCUT2D eigenvalue weighted by Crippen LogP contribution is 2.29.